The molecule has 0 saturated heterocycles. The third kappa shape index (κ3) is 8.47. The third-order valence-corrected chi connectivity index (χ3v) is 4.25. The van der Waals surface area contributed by atoms with Crippen molar-refractivity contribution in [1.82, 2.24) is 5.43 Å². The number of anilines is 1. The zero-order valence-corrected chi connectivity index (χ0v) is 16.6. The molecule has 0 aliphatic heterocycles. The van der Waals surface area contributed by atoms with Gasteiger partial charge in [0.15, 0.2) is 0 Å². The molecule has 0 fully saturated rings. The van der Waals surface area contributed by atoms with Crippen LogP contribution in [0.15, 0.2) is 53.6 Å². The van der Waals surface area contributed by atoms with Crippen molar-refractivity contribution < 1.29 is 19.4 Å². The molecule has 7 nitrogen and oxygen atoms in total. The third-order valence-electron chi connectivity index (χ3n) is 4.25. The Morgan fingerprint density at radius 1 is 0.966 bits per heavy atom. The van der Waals surface area contributed by atoms with Crippen molar-refractivity contribution in [2.75, 3.05) is 12.4 Å². The predicted molar refractivity (Wildman–Crippen MR) is 113 cm³/mol. The van der Waals surface area contributed by atoms with Crippen LogP contribution in [0.4, 0.5) is 5.69 Å². The number of aromatic hydroxyl groups is 1. The number of nitrogens with one attached hydrogen (secondary N) is 2. The topological polar surface area (TPSA) is 100 Å². The van der Waals surface area contributed by atoms with Crippen LogP contribution in [0.25, 0.3) is 0 Å². The van der Waals surface area contributed by atoms with E-state index in [1.165, 1.54) is 6.07 Å². The highest BCUT2D eigenvalue weighted by Gasteiger charge is 2.05. The summed E-state index contributed by atoms with van der Waals surface area (Å²) in [5.41, 5.74) is 3.80. The van der Waals surface area contributed by atoms with Crippen molar-refractivity contribution in [2.24, 2.45) is 5.10 Å². The van der Waals surface area contributed by atoms with Gasteiger partial charge in [-0.05, 0) is 54.8 Å². The highest BCUT2D eigenvalue weighted by molar-refractivity contribution is 5.92. The van der Waals surface area contributed by atoms with Crippen molar-refractivity contribution in [2.45, 2.75) is 38.5 Å². The average Bonchev–Trinajstić information content (AvgIpc) is 2.73. The molecule has 0 bridgehead atoms. The molecule has 7 heteroatoms. The number of phenolic OH excluding ortho intramolecular Hbond substituents is 1. The van der Waals surface area contributed by atoms with E-state index < -0.39 is 0 Å². The number of rotatable bonds is 11. The number of hydrazone groups is 1. The molecule has 2 amide bonds. The van der Waals surface area contributed by atoms with Crippen LogP contribution in [0, 0.1) is 0 Å². The molecule has 0 spiro atoms. The van der Waals surface area contributed by atoms with Gasteiger partial charge < -0.3 is 15.2 Å². The molecule has 0 heterocycles. The molecular weight excluding hydrogens is 370 g/mol. The molecule has 0 atom stereocenters. The maximum atomic E-state index is 11.9. The van der Waals surface area contributed by atoms with Gasteiger partial charge in [0.1, 0.15) is 11.5 Å². The predicted octanol–water partition coefficient (Wildman–Crippen LogP) is 3.83. The van der Waals surface area contributed by atoms with Gasteiger partial charge in [-0.25, -0.2) is 5.43 Å². The summed E-state index contributed by atoms with van der Waals surface area (Å²) in [6.45, 7) is 0. The summed E-state index contributed by atoms with van der Waals surface area (Å²) in [6, 6.07) is 14.0. The van der Waals surface area contributed by atoms with E-state index in [2.05, 4.69) is 15.8 Å². The van der Waals surface area contributed by atoms with Gasteiger partial charge in [-0.3, -0.25) is 9.59 Å². The van der Waals surface area contributed by atoms with Crippen molar-refractivity contribution in [3.63, 3.8) is 0 Å². The molecule has 0 aliphatic rings. The number of carbonyl (C=O) groups excluding carboxylic acids is 2. The number of benzene rings is 2. The first kappa shape index (κ1) is 21.9. The van der Waals surface area contributed by atoms with Crippen LogP contribution in [0.5, 0.6) is 11.5 Å². The number of hydrogen-bond acceptors (Lipinski definition) is 5. The van der Waals surface area contributed by atoms with E-state index in [1.54, 1.807) is 31.5 Å². The van der Waals surface area contributed by atoms with Crippen LogP contribution < -0.4 is 15.5 Å². The van der Waals surface area contributed by atoms with Crippen LogP contribution in [0.3, 0.4) is 0 Å². The van der Waals surface area contributed by atoms with E-state index >= 15 is 0 Å². The number of ether oxygens (including phenoxy) is 1. The first-order valence-electron chi connectivity index (χ1n) is 9.62. The number of nitrogens with zero attached hydrogens (tertiary/aromatic N) is 1. The number of unbranched alkanes of at least 4 members (excludes halogenated alkanes) is 3. The van der Waals surface area contributed by atoms with E-state index in [0.717, 1.165) is 37.0 Å². The molecule has 0 saturated carbocycles. The Bertz CT molecular complexity index is 819. The zero-order valence-electron chi connectivity index (χ0n) is 16.6. The second kappa shape index (κ2) is 12.2. The van der Waals surface area contributed by atoms with Crippen molar-refractivity contribution >= 4 is 23.7 Å². The molecule has 0 aromatic heterocycles. The molecule has 2 aromatic rings. The van der Waals surface area contributed by atoms with E-state index in [9.17, 15) is 14.7 Å². The lowest BCUT2D eigenvalue weighted by atomic mass is 10.1. The summed E-state index contributed by atoms with van der Waals surface area (Å²) in [6.07, 6.45) is 5.55. The fourth-order valence-electron chi connectivity index (χ4n) is 2.64. The normalized spacial score (nSPS) is 10.7. The second-order valence-electron chi connectivity index (χ2n) is 6.55. The Labute approximate surface area is 170 Å². The highest BCUT2D eigenvalue weighted by atomic mass is 16.5. The van der Waals surface area contributed by atoms with Gasteiger partial charge in [-0.1, -0.05) is 25.0 Å². The lowest BCUT2D eigenvalue weighted by molar-refractivity contribution is -0.121. The Morgan fingerprint density at radius 3 is 2.28 bits per heavy atom. The van der Waals surface area contributed by atoms with Crippen molar-refractivity contribution in [3.8, 4) is 11.5 Å². The summed E-state index contributed by atoms with van der Waals surface area (Å²) in [4.78, 5) is 23.6. The number of phenols is 1. The summed E-state index contributed by atoms with van der Waals surface area (Å²) in [5.74, 6) is 0.563. The van der Waals surface area contributed by atoms with Gasteiger partial charge >= 0.3 is 0 Å². The molecule has 0 aliphatic carbocycles. The number of amides is 2. The molecular formula is C22H27N3O4. The molecule has 29 heavy (non-hydrogen) atoms. The SMILES string of the molecule is COc1ccc(/C=N/NC(=O)CCCCCCC(=O)Nc2ccccc2O)cc1. The standard InChI is InChI=1S/C22H27N3O4/c1-29-18-14-12-17(13-15-18)16-23-25-22(28)11-5-3-2-4-10-21(27)24-19-8-6-7-9-20(19)26/h6-9,12-16,26H,2-5,10-11H2,1H3,(H,24,27)(H,25,28)/b23-16+. The van der Waals surface area contributed by atoms with Crippen LogP contribution in [-0.2, 0) is 9.59 Å². The Hall–Kier alpha value is -3.35. The minimum atomic E-state index is -0.132. The van der Waals surface area contributed by atoms with Gasteiger partial charge in [0.2, 0.25) is 11.8 Å². The quantitative estimate of drug-likeness (QED) is 0.232. The van der Waals surface area contributed by atoms with Crippen LogP contribution >= 0.6 is 0 Å². The highest BCUT2D eigenvalue weighted by Crippen LogP contribution is 2.21. The number of methoxy groups -OCH3 is 1. The van der Waals surface area contributed by atoms with Crippen LogP contribution in [0.2, 0.25) is 0 Å². The fourth-order valence-corrected chi connectivity index (χ4v) is 2.64. The lowest BCUT2D eigenvalue weighted by Crippen LogP contribution is -2.16. The zero-order chi connectivity index (χ0) is 20.9. The number of para-hydroxylation sites is 2. The van der Waals surface area contributed by atoms with E-state index in [-0.39, 0.29) is 17.6 Å². The molecule has 3 N–H and O–H groups in total. The summed E-state index contributed by atoms with van der Waals surface area (Å²) in [5, 5.41) is 16.3. The van der Waals surface area contributed by atoms with E-state index in [0.29, 0.717) is 18.5 Å². The number of carbonyl (C=O) groups is 2. The maximum Gasteiger partial charge on any atom is 0.240 e. The molecule has 2 aromatic carbocycles. The molecule has 0 radical (unpaired) electrons. The first-order chi connectivity index (χ1) is 14.1. The average molecular weight is 397 g/mol. The monoisotopic (exact) mass is 397 g/mol. The van der Waals surface area contributed by atoms with Gasteiger partial charge in [0.25, 0.3) is 0 Å². The summed E-state index contributed by atoms with van der Waals surface area (Å²) in [7, 11) is 1.61. The smallest absolute Gasteiger partial charge is 0.240 e. The minimum Gasteiger partial charge on any atom is -0.506 e. The summed E-state index contributed by atoms with van der Waals surface area (Å²) < 4.78 is 5.08. The largest absolute Gasteiger partial charge is 0.506 e. The van der Waals surface area contributed by atoms with Gasteiger partial charge in [-0.15, -0.1) is 0 Å². The molecule has 2 rings (SSSR count). The lowest BCUT2D eigenvalue weighted by Gasteiger charge is -2.06. The van der Waals surface area contributed by atoms with Crippen molar-refractivity contribution in [1.29, 1.82) is 0 Å². The Balaban J connectivity index is 1.53. The summed E-state index contributed by atoms with van der Waals surface area (Å²) >= 11 is 0. The van der Waals surface area contributed by atoms with E-state index in [1.807, 2.05) is 24.3 Å². The molecule has 154 valence electrons. The first-order valence-corrected chi connectivity index (χ1v) is 9.62. The Morgan fingerprint density at radius 2 is 1.62 bits per heavy atom. The molecule has 0 unspecified atom stereocenters. The van der Waals surface area contributed by atoms with Gasteiger partial charge in [-0.2, -0.15) is 5.10 Å². The fraction of sp³-hybridized carbons (Fsp3) is 0.318. The maximum absolute atomic E-state index is 11.9. The minimum absolute atomic E-state index is 0.0570. The van der Waals surface area contributed by atoms with Gasteiger partial charge in [0.05, 0.1) is 19.0 Å². The number of hydrogen-bond donors (Lipinski definition) is 3. The van der Waals surface area contributed by atoms with Crippen molar-refractivity contribution in [3.05, 3.63) is 54.1 Å². The van der Waals surface area contributed by atoms with Gasteiger partial charge in [0, 0.05) is 12.8 Å². The van der Waals surface area contributed by atoms with Crippen LogP contribution in [0.1, 0.15) is 44.1 Å². The van der Waals surface area contributed by atoms with E-state index in [4.69, 9.17) is 4.74 Å². The second-order valence-corrected chi connectivity index (χ2v) is 6.55. The van der Waals surface area contributed by atoms with Crippen LogP contribution in [-0.4, -0.2) is 30.2 Å². The Kier molecular flexibility index (Phi) is 9.21.